The fraction of sp³-hybridized carbons (Fsp3) is 0.875. The zero-order valence-electron chi connectivity index (χ0n) is 7.71. The van der Waals surface area contributed by atoms with Crippen molar-refractivity contribution in [3.05, 3.63) is 0 Å². The van der Waals surface area contributed by atoms with E-state index in [0.29, 0.717) is 5.75 Å². The molecule has 1 rings (SSSR count). The van der Waals surface area contributed by atoms with Crippen LogP contribution in [0.4, 0.5) is 0 Å². The highest BCUT2D eigenvalue weighted by Gasteiger charge is 2.35. The summed E-state index contributed by atoms with van der Waals surface area (Å²) in [5, 5.41) is 0. The Morgan fingerprint density at radius 1 is 1.85 bits per heavy atom. The fourth-order valence-electron chi connectivity index (χ4n) is 1.23. The van der Waals surface area contributed by atoms with Crippen LogP contribution < -0.4 is 0 Å². The van der Waals surface area contributed by atoms with Crippen molar-refractivity contribution in [1.82, 2.24) is 0 Å². The van der Waals surface area contributed by atoms with Gasteiger partial charge in [-0.25, -0.2) is 0 Å². The molecule has 1 heterocycles. The van der Waals surface area contributed by atoms with E-state index < -0.39 is 11.8 Å². The molecule has 1 saturated heterocycles. The number of hydrogen-bond donors (Lipinski definition) is 0. The monoisotopic (exact) mass is 224 g/mol. The predicted molar refractivity (Wildman–Crippen MR) is 53.1 cm³/mol. The van der Waals surface area contributed by atoms with Gasteiger partial charge in [-0.1, -0.05) is 0 Å². The van der Waals surface area contributed by atoms with Crippen LogP contribution in [-0.4, -0.2) is 35.2 Å². The van der Waals surface area contributed by atoms with Gasteiger partial charge in [0, 0.05) is 12.7 Å². The van der Waals surface area contributed by atoms with Crippen LogP contribution in [0.2, 0.25) is 0 Å². The van der Waals surface area contributed by atoms with Gasteiger partial charge in [0.05, 0.1) is 11.9 Å². The first kappa shape index (κ1) is 11.1. The summed E-state index contributed by atoms with van der Waals surface area (Å²) in [5.74, 6) is 0.249. The maximum absolute atomic E-state index is 10.9. The molecule has 0 aliphatic carbocycles. The van der Waals surface area contributed by atoms with Crippen LogP contribution in [0.1, 0.15) is 13.8 Å². The van der Waals surface area contributed by atoms with Crippen LogP contribution in [0.25, 0.3) is 0 Å². The van der Waals surface area contributed by atoms with Crippen molar-refractivity contribution in [3.8, 4) is 0 Å². The Morgan fingerprint density at radius 2 is 2.54 bits per heavy atom. The number of carbonyl (C=O) groups excluding carboxylic acids is 1. The van der Waals surface area contributed by atoms with Crippen molar-refractivity contribution < 1.29 is 14.3 Å². The molecule has 0 aromatic heterocycles. The Bertz CT molecular complexity index is 200. The van der Waals surface area contributed by atoms with Gasteiger partial charge in [0.15, 0.2) is 0 Å². The van der Waals surface area contributed by atoms with Gasteiger partial charge in [0.1, 0.15) is 5.88 Å². The molecule has 1 aliphatic rings. The Balaban J connectivity index is 2.49. The zero-order chi connectivity index (χ0) is 9.90. The normalized spacial score (nSPS) is 34.2. The predicted octanol–water partition coefficient (Wildman–Crippen LogP) is 1.64. The van der Waals surface area contributed by atoms with Crippen molar-refractivity contribution in [3.63, 3.8) is 0 Å². The van der Waals surface area contributed by atoms with Crippen molar-refractivity contribution in [1.29, 1.82) is 0 Å². The summed E-state index contributed by atoms with van der Waals surface area (Å²) in [6.07, 6.45) is 0.117. The van der Waals surface area contributed by atoms with E-state index in [4.69, 9.17) is 21.1 Å². The maximum Gasteiger partial charge on any atom is 0.323 e. The van der Waals surface area contributed by atoms with Crippen molar-refractivity contribution in [2.45, 2.75) is 25.7 Å². The number of carbonyl (C=O) groups is 1. The average molecular weight is 225 g/mol. The summed E-state index contributed by atoms with van der Waals surface area (Å²) in [7, 11) is 0. The first-order valence-corrected chi connectivity index (χ1v) is 5.78. The van der Waals surface area contributed by atoms with E-state index >= 15 is 0 Å². The molecular weight excluding hydrogens is 212 g/mol. The van der Waals surface area contributed by atoms with E-state index in [1.54, 1.807) is 18.7 Å². The van der Waals surface area contributed by atoms with E-state index in [0.717, 1.165) is 5.75 Å². The smallest absolute Gasteiger partial charge is 0.323 e. The van der Waals surface area contributed by atoms with Gasteiger partial charge >= 0.3 is 5.97 Å². The van der Waals surface area contributed by atoms with Crippen LogP contribution in [0.5, 0.6) is 0 Å². The number of hydrogen-bond acceptors (Lipinski definition) is 4. The molecule has 5 heteroatoms. The molecule has 0 amide bonds. The number of thioether (sulfide) groups is 1. The Morgan fingerprint density at radius 3 is 3.08 bits per heavy atom. The molecule has 2 atom stereocenters. The molecule has 0 radical (unpaired) electrons. The van der Waals surface area contributed by atoms with Gasteiger partial charge in [0.25, 0.3) is 0 Å². The highest BCUT2D eigenvalue weighted by Crippen LogP contribution is 2.28. The third kappa shape index (κ3) is 3.37. The third-order valence-electron chi connectivity index (χ3n) is 1.61. The number of halogens is 1. The van der Waals surface area contributed by atoms with Crippen LogP contribution in [0.15, 0.2) is 0 Å². The van der Waals surface area contributed by atoms with Crippen molar-refractivity contribution in [2.24, 2.45) is 0 Å². The minimum absolute atomic E-state index is 0.117. The van der Waals surface area contributed by atoms with Crippen LogP contribution >= 0.6 is 23.4 Å². The van der Waals surface area contributed by atoms with E-state index in [9.17, 15) is 4.79 Å². The highest BCUT2D eigenvalue weighted by atomic mass is 35.5. The minimum Gasteiger partial charge on any atom is -0.432 e. The third-order valence-corrected chi connectivity index (χ3v) is 3.26. The lowest BCUT2D eigenvalue weighted by atomic mass is 10.3. The highest BCUT2D eigenvalue weighted by molar-refractivity contribution is 7.99. The maximum atomic E-state index is 10.9. The summed E-state index contributed by atoms with van der Waals surface area (Å²) in [4.78, 5) is 10.9. The van der Waals surface area contributed by atoms with Gasteiger partial charge in [0.2, 0.25) is 5.79 Å². The largest absolute Gasteiger partial charge is 0.432 e. The van der Waals surface area contributed by atoms with Gasteiger partial charge in [-0.15, -0.1) is 11.6 Å². The lowest BCUT2D eigenvalue weighted by molar-refractivity contribution is -0.225. The second-order valence-electron chi connectivity index (χ2n) is 3.19. The number of alkyl halides is 1. The Labute approximate surface area is 87.1 Å². The molecule has 0 aromatic carbocycles. The van der Waals surface area contributed by atoms with Crippen molar-refractivity contribution in [2.75, 3.05) is 17.4 Å². The second kappa shape index (κ2) is 4.53. The number of esters is 1. The van der Waals surface area contributed by atoms with Gasteiger partial charge in [-0.3, -0.25) is 4.79 Å². The molecule has 1 fully saturated rings. The molecular formula is C8H13ClO3S. The van der Waals surface area contributed by atoms with Crippen LogP contribution in [0.3, 0.4) is 0 Å². The van der Waals surface area contributed by atoms with Crippen LogP contribution in [-0.2, 0) is 14.3 Å². The average Bonchev–Trinajstić information content (AvgIpc) is 2.02. The summed E-state index contributed by atoms with van der Waals surface area (Å²) in [6.45, 7) is 3.72. The molecule has 0 aromatic rings. The van der Waals surface area contributed by atoms with Gasteiger partial charge in [-0.2, -0.15) is 11.8 Å². The summed E-state index contributed by atoms with van der Waals surface area (Å²) < 4.78 is 10.6. The molecule has 0 saturated carbocycles. The minimum atomic E-state index is -0.797. The molecule has 3 nitrogen and oxygen atoms in total. The summed E-state index contributed by atoms with van der Waals surface area (Å²) >= 11 is 7.05. The quantitative estimate of drug-likeness (QED) is 0.528. The fourth-order valence-corrected chi connectivity index (χ4v) is 2.30. The van der Waals surface area contributed by atoms with Crippen molar-refractivity contribution >= 4 is 29.3 Å². The standard InChI is InChI=1S/C8H13ClO3S/c1-6-4-13-5-8(2,11-6)12-7(10)3-9/h6H,3-5H2,1-2H3. The second-order valence-corrected chi connectivity index (χ2v) is 4.48. The Kier molecular flexibility index (Phi) is 3.88. The SMILES string of the molecule is CC1CSCC(C)(OC(=O)CCl)O1. The molecule has 0 bridgehead atoms. The Hall–Kier alpha value is 0.0700. The van der Waals surface area contributed by atoms with E-state index in [-0.39, 0.29) is 12.0 Å². The lowest BCUT2D eigenvalue weighted by Gasteiger charge is -2.35. The first-order valence-electron chi connectivity index (χ1n) is 4.09. The van der Waals surface area contributed by atoms with Gasteiger partial charge < -0.3 is 9.47 Å². The van der Waals surface area contributed by atoms with Gasteiger partial charge in [-0.05, 0) is 6.92 Å². The molecule has 2 unspecified atom stereocenters. The van der Waals surface area contributed by atoms with E-state index in [1.807, 2.05) is 6.92 Å². The zero-order valence-corrected chi connectivity index (χ0v) is 9.28. The molecule has 13 heavy (non-hydrogen) atoms. The molecule has 0 N–H and O–H groups in total. The first-order chi connectivity index (χ1) is 6.06. The topological polar surface area (TPSA) is 35.5 Å². The number of rotatable bonds is 2. The van der Waals surface area contributed by atoms with Crippen LogP contribution in [0, 0.1) is 0 Å². The van der Waals surface area contributed by atoms with E-state index in [2.05, 4.69) is 0 Å². The van der Waals surface area contributed by atoms with E-state index in [1.165, 1.54) is 0 Å². The number of ether oxygens (including phenoxy) is 2. The summed E-state index contributed by atoms with van der Waals surface area (Å²) in [6, 6.07) is 0. The lowest BCUT2D eigenvalue weighted by Crippen LogP contribution is -2.44. The molecule has 76 valence electrons. The summed E-state index contributed by atoms with van der Waals surface area (Å²) in [5.41, 5.74) is 0. The molecule has 1 aliphatic heterocycles. The molecule has 0 spiro atoms.